The Kier molecular flexibility index (Phi) is 5.36. The minimum Gasteiger partial charge on any atom is -0.493 e. The van der Waals surface area contributed by atoms with Crippen molar-refractivity contribution >= 4 is 22.9 Å². The first-order valence-corrected chi connectivity index (χ1v) is 10.1. The van der Waals surface area contributed by atoms with E-state index in [1.165, 1.54) is 12.1 Å². The van der Waals surface area contributed by atoms with Crippen molar-refractivity contribution in [3.05, 3.63) is 76.8 Å². The van der Waals surface area contributed by atoms with Gasteiger partial charge in [0, 0.05) is 28.2 Å². The van der Waals surface area contributed by atoms with E-state index in [9.17, 15) is 9.18 Å². The maximum Gasteiger partial charge on any atom is 0.225 e. The lowest BCUT2D eigenvalue weighted by molar-refractivity contribution is -0.116. The standard InChI is InChI=1S/C23H20FNO3S/c1-3-10-28-19-9-6-15(11-20(19)27-2)17-12-21(26)25-22-18(13-29-23(17)22)14-4-7-16(24)8-5-14/h3-9,11,13,17H,1,10,12H2,2H3,(H,25,26)/t17-/m0/s1. The fourth-order valence-corrected chi connectivity index (χ4v) is 4.67. The molecule has 0 bridgehead atoms. The van der Waals surface area contributed by atoms with Crippen molar-refractivity contribution in [3.8, 4) is 22.6 Å². The van der Waals surface area contributed by atoms with Crippen LogP contribution < -0.4 is 14.8 Å². The van der Waals surface area contributed by atoms with E-state index in [1.54, 1.807) is 36.7 Å². The van der Waals surface area contributed by atoms with E-state index in [1.807, 2.05) is 23.6 Å². The van der Waals surface area contributed by atoms with E-state index in [-0.39, 0.29) is 17.6 Å². The Labute approximate surface area is 172 Å². The molecule has 0 unspecified atom stereocenters. The summed E-state index contributed by atoms with van der Waals surface area (Å²) in [6, 6.07) is 12.0. The van der Waals surface area contributed by atoms with Crippen molar-refractivity contribution < 1.29 is 18.7 Å². The normalized spacial score (nSPS) is 15.4. The van der Waals surface area contributed by atoms with Gasteiger partial charge in [-0.3, -0.25) is 4.79 Å². The van der Waals surface area contributed by atoms with Crippen molar-refractivity contribution in [2.45, 2.75) is 12.3 Å². The van der Waals surface area contributed by atoms with Gasteiger partial charge in [0.15, 0.2) is 11.5 Å². The summed E-state index contributed by atoms with van der Waals surface area (Å²) >= 11 is 1.59. The van der Waals surface area contributed by atoms with E-state index in [0.717, 1.165) is 27.3 Å². The molecule has 2 heterocycles. The van der Waals surface area contributed by atoms with Crippen LogP contribution >= 0.6 is 11.3 Å². The Morgan fingerprint density at radius 1 is 1.24 bits per heavy atom. The van der Waals surface area contributed by atoms with Gasteiger partial charge in [0.1, 0.15) is 12.4 Å². The smallest absolute Gasteiger partial charge is 0.225 e. The zero-order valence-corrected chi connectivity index (χ0v) is 16.7. The van der Waals surface area contributed by atoms with Gasteiger partial charge in [-0.1, -0.05) is 30.9 Å². The first-order chi connectivity index (χ1) is 14.1. The van der Waals surface area contributed by atoms with Crippen molar-refractivity contribution in [2.24, 2.45) is 0 Å². The summed E-state index contributed by atoms with van der Waals surface area (Å²) in [6.07, 6.45) is 2.03. The molecule has 4 nitrogen and oxygen atoms in total. The number of rotatable bonds is 6. The molecule has 2 aromatic carbocycles. The molecule has 0 radical (unpaired) electrons. The van der Waals surface area contributed by atoms with Gasteiger partial charge < -0.3 is 14.8 Å². The summed E-state index contributed by atoms with van der Waals surface area (Å²) < 4.78 is 24.4. The number of amides is 1. The average Bonchev–Trinajstić information content (AvgIpc) is 3.15. The Bertz CT molecular complexity index is 1060. The lowest BCUT2D eigenvalue weighted by Crippen LogP contribution is -2.22. The molecule has 3 aromatic rings. The second-order valence-corrected chi connectivity index (χ2v) is 7.62. The van der Waals surface area contributed by atoms with Crippen LogP contribution in [0.15, 0.2) is 60.5 Å². The van der Waals surface area contributed by atoms with E-state index in [2.05, 4.69) is 11.9 Å². The average molecular weight is 409 g/mol. The Balaban J connectivity index is 1.73. The first-order valence-electron chi connectivity index (χ1n) is 9.19. The van der Waals surface area contributed by atoms with Crippen LogP contribution in [0.25, 0.3) is 11.1 Å². The molecule has 1 aliphatic heterocycles. The van der Waals surface area contributed by atoms with E-state index in [0.29, 0.717) is 24.5 Å². The van der Waals surface area contributed by atoms with Gasteiger partial charge >= 0.3 is 0 Å². The Hall–Kier alpha value is -3.12. The number of thiophene rings is 1. The summed E-state index contributed by atoms with van der Waals surface area (Å²) in [7, 11) is 1.59. The first kappa shape index (κ1) is 19.2. The van der Waals surface area contributed by atoms with E-state index in [4.69, 9.17) is 9.47 Å². The van der Waals surface area contributed by atoms with Crippen molar-refractivity contribution in [3.63, 3.8) is 0 Å². The number of benzene rings is 2. The Morgan fingerprint density at radius 3 is 2.76 bits per heavy atom. The van der Waals surface area contributed by atoms with Gasteiger partial charge in [-0.05, 0) is 35.4 Å². The number of ether oxygens (including phenoxy) is 2. The number of anilines is 1. The SMILES string of the molecule is C=CCOc1ccc([C@@H]2CC(=O)Nc3c(-c4ccc(F)cc4)csc32)cc1OC. The fourth-order valence-electron chi connectivity index (χ4n) is 3.51. The lowest BCUT2D eigenvalue weighted by atomic mass is 9.89. The maximum absolute atomic E-state index is 13.3. The maximum atomic E-state index is 13.3. The minimum atomic E-state index is -0.286. The van der Waals surface area contributed by atoms with Crippen LogP contribution in [0, 0.1) is 5.82 Å². The quantitative estimate of drug-likeness (QED) is 0.539. The molecular formula is C23H20FNO3S. The summed E-state index contributed by atoms with van der Waals surface area (Å²) in [5, 5.41) is 5.01. The summed E-state index contributed by atoms with van der Waals surface area (Å²) in [6.45, 7) is 4.04. The van der Waals surface area contributed by atoms with Gasteiger partial charge in [-0.15, -0.1) is 11.3 Å². The highest BCUT2D eigenvalue weighted by Crippen LogP contribution is 2.47. The molecule has 0 spiro atoms. The highest BCUT2D eigenvalue weighted by atomic mass is 32.1. The van der Waals surface area contributed by atoms with Gasteiger partial charge in [-0.2, -0.15) is 0 Å². The monoisotopic (exact) mass is 409 g/mol. The van der Waals surface area contributed by atoms with Crippen LogP contribution in [0.4, 0.5) is 10.1 Å². The molecule has 0 saturated carbocycles. The second kappa shape index (κ2) is 8.09. The molecular weight excluding hydrogens is 389 g/mol. The third kappa shape index (κ3) is 3.76. The zero-order chi connectivity index (χ0) is 20.4. The fraction of sp³-hybridized carbons (Fsp3) is 0.174. The van der Waals surface area contributed by atoms with Gasteiger partial charge in [0.05, 0.1) is 12.8 Å². The number of carbonyl (C=O) groups is 1. The molecule has 148 valence electrons. The Morgan fingerprint density at radius 2 is 2.03 bits per heavy atom. The topological polar surface area (TPSA) is 47.6 Å². The van der Waals surface area contributed by atoms with Crippen LogP contribution in [-0.4, -0.2) is 19.6 Å². The van der Waals surface area contributed by atoms with E-state index < -0.39 is 0 Å². The molecule has 1 amide bonds. The molecule has 1 N–H and O–H groups in total. The van der Waals surface area contributed by atoms with Gasteiger partial charge in [0.25, 0.3) is 0 Å². The molecule has 0 aliphatic carbocycles. The van der Waals surface area contributed by atoms with Crippen molar-refractivity contribution in [2.75, 3.05) is 19.0 Å². The molecule has 1 aromatic heterocycles. The molecule has 0 fully saturated rings. The third-order valence-corrected chi connectivity index (χ3v) is 5.99. The van der Waals surface area contributed by atoms with E-state index >= 15 is 0 Å². The third-order valence-electron chi connectivity index (χ3n) is 4.89. The largest absolute Gasteiger partial charge is 0.493 e. The van der Waals surface area contributed by atoms with Gasteiger partial charge in [-0.25, -0.2) is 4.39 Å². The molecule has 4 rings (SSSR count). The number of carbonyl (C=O) groups excluding carboxylic acids is 1. The lowest BCUT2D eigenvalue weighted by Gasteiger charge is -2.24. The highest BCUT2D eigenvalue weighted by molar-refractivity contribution is 7.11. The van der Waals surface area contributed by atoms with Crippen molar-refractivity contribution in [1.82, 2.24) is 0 Å². The van der Waals surface area contributed by atoms with Crippen LogP contribution in [0.5, 0.6) is 11.5 Å². The molecule has 0 saturated heterocycles. The minimum absolute atomic E-state index is 0.0461. The molecule has 29 heavy (non-hydrogen) atoms. The zero-order valence-electron chi connectivity index (χ0n) is 15.9. The number of hydrogen-bond donors (Lipinski definition) is 1. The van der Waals surface area contributed by atoms with Crippen LogP contribution in [0.3, 0.4) is 0 Å². The van der Waals surface area contributed by atoms with Gasteiger partial charge in [0.2, 0.25) is 5.91 Å². The number of methoxy groups -OCH3 is 1. The van der Waals surface area contributed by atoms with Crippen molar-refractivity contribution in [1.29, 1.82) is 0 Å². The van der Waals surface area contributed by atoms with Crippen LogP contribution in [-0.2, 0) is 4.79 Å². The second-order valence-electron chi connectivity index (χ2n) is 6.71. The predicted octanol–water partition coefficient (Wildman–Crippen LogP) is 5.60. The number of fused-ring (bicyclic) bond motifs is 1. The van der Waals surface area contributed by atoms with Crippen LogP contribution in [0.2, 0.25) is 0 Å². The molecule has 1 aliphatic rings. The summed E-state index contributed by atoms with van der Waals surface area (Å²) in [4.78, 5) is 13.5. The summed E-state index contributed by atoms with van der Waals surface area (Å²) in [5.74, 6) is 0.836. The highest BCUT2D eigenvalue weighted by Gasteiger charge is 2.31. The van der Waals surface area contributed by atoms with Crippen LogP contribution in [0.1, 0.15) is 22.8 Å². The molecule has 1 atom stereocenters. The number of halogens is 1. The predicted molar refractivity (Wildman–Crippen MR) is 113 cm³/mol. The number of hydrogen-bond acceptors (Lipinski definition) is 4. The number of nitrogens with one attached hydrogen (secondary N) is 1. The molecule has 6 heteroatoms. The summed E-state index contributed by atoms with van der Waals surface area (Å²) in [5.41, 5.74) is 3.56.